The van der Waals surface area contributed by atoms with Gasteiger partial charge in [0.2, 0.25) is 0 Å². The third-order valence-corrected chi connectivity index (χ3v) is 4.90. The van der Waals surface area contributed by atoms with Crippen molar-refractivity contribution >= 4 is 29.9 Å². The Kier molecular flexibility index (Phi) is 10.4. The molecule has 2 rings (SSSR count). The van der Waals surface area contributed by atoms with Crippen molar-refractivity contribution in [2.75, 3.05) is 26.7 Å². The Morgan fingerprint density at radius 1 is 1.09 bits per heavy atom. The van der Waals surface area contributed by atoms with Gasteiger partial charge in [-0.15, -0.1) is 24.0 Å². The van der Waals surface area contributed by atoms with Gasteiger partial charge in [0.1, 0.15) is 0 Å². The van der Waals surface area contributed by atoms with Crippen LogP contribution in [0.2, 0.25) is 0 Å². The predicted molar refractivity (Wildman–Crippen MR) is 104 cm³/mol. The van der Waals surface area contributed by atoms with E-state index in [0.29, 0.717) is 6.10 Å². The van der Waals surface area contributed by atoms with Crippen LogP contribution in [0.25, 0.3) is 0 Å². The topological polar surface area (TPSA) is 45.7 Å². The fourth-order valence-corrected chi connectivity index (χ4v) is 3.66. The quantitative estimate of drug-likeness (QED) is 0.390. The average Bonchev–Trinajstić information content (AvgIpc) is 2.99. The molecule has 1 heterocycles. The first-order valence-corrected chi connectivity index (χ1v) is 8.84. The van der Waals surface area contributed by atoms with Crippen molar-refractivity contribution in [1.29, 1.82) is 0 Å². The Morgan fingerprint density at radius 2 is 1.86 bits per heavy atom. The highest BCUT2D eigenvalue weighted by Crippen LogP contribution is 2.30. The van der Waals surface area contributed by atoms with Crippen LogP contribution in [0.3, 0.4) is 0 Å². The number of guanidine groups is 1. The Bertz CT molecular complexity index is 319. The first-order valence-electron chi connectivity index (χ1n) is 8.84. The smallest absolute Gasteiger partial charge is 0.190 e. The van der Waals surface area contributed by atoms with Crippen LogP contribution in [0.5, 0.6) is 0 Å². The number of nitrogens with one attached hydrogen (secondary N) is 2. The van der Waals surface area contributed by atoms with Crippen LogP contribution < -0.4 is 10.6 Å². The summed E-state index contributed by atoms with van der Waals surface area (Å²) in [5.74, 6) is 2.77. The van der Waals surface area contributed by atoms with Crippen LogP contribution in [0, 0.1) is 11.8 Å². The van der Waals surface area contributed by atoms with E-state index < -0.39 is 0 Å². The molecule has 4 nitrogen and oxygen atoms in total. The van der Waals surface area contributed by atoms with Crippen LogP contribution >= 0.6 is 24.0 Å². The molecule has 5 heteroatoms. The van der Waals surface area contributed by atoms with E-state index in [0.717, 1.165) is 43.9 Å². The number of hydrogen-bond donors (Lipinski definition) is 2. The van der Waals surface area contributed by atoms with Crippen LogP contribution in [0.15, 0.2) is 4.99 Å². The molecule has 22 heavy (non-hydrogen) atoms. The van der Waals surface area contributed by atoms with Crippen molar-refractivity contribution in [2.24, 2.45) is 16.8 Å². The van der Waals surface area contributed by atoms with Crippen molar-refractivity contribution in [2.45, 2.75) is 64.4 Å². The normalized spacial score (nSPS) is 29.0. The molecule has 1 aliphatic carbocycles. The van der Waals surface area contributed by atoms with Gasteiger partial charge in [0.25, 0.3) is 0 Å². The number of aliphatic imine (C=N–C) groups is 1. The van der Waals surface area contributed by atoms with Crippen molar-refractivity contribution in [3.05, 3.63) is 0 Å². The number of ether oxygens (including phenoxy) is 1. The van der Waals surface area contributed by atoms with Gasteiger partial charge in [0, 0.05) is 26.7 Å². The van der Waals surface area contributed by atoms with E-state index >= 15 is 0 Å². The van der Waals surface area contributed by atoms with E-state index in [-0.39, 0.29) is 24.0 Å². The van der Waals surface area contributed by atoms with Crippen LogP contribution in [-0.4, -0.2) is 38.8 Å². The summed E-state index contributed by atoms with van der Waals surface area (Å²) in [6.45, 7) is 5.32. The monoisotopic (exact) mass is 423 g/mol. The van der Waals surface area contributed by atoms with Crippen LogP contribution in [0.1, 0.15) is 58.3 Å². The molecule has 2 fully saturated rings. The first kappa shape index (κ1) is 20.0. The van der Waals surface area contributed by atoms with Crippen LogP contribution in [0.4, 0.5) is 0 Å². The molecule has 0 amide bonds. The third-order valence-electron chi connectivity index (χ3n) is 4.90. The third kappa shape index (κ3) is 7.49. The van der Waals surface area contributed by atoms with Crippen molar-refractivity contribution in [3.8, 4) is 0 Å². The molecule has 2 aliphatic rings. The molecule has 0 aromatic rings. The van der Waals surface area contributed by atoms with E-state index in [9.17, 15) is 0 Å². The summed E-state index contributed by atoms with van der Waals surface area (Å²) in [6, 6.07) is 0. The molecule has 1 saturated carbocycles. The summed E-state index contributed by atoms with van der Waals surface area (Å²) in [4.78, 5) is 4.30. The molecule has 1 aliphatic heterocycles. The van der Waals surface area contributed by atoms with Gasteiger partial charge in [-0.1, -0.05) is 26.2 Å². The zero-order chi connectivity index (χ0) is 14.9. The van der Waals surface area contributed by atoms with Gasteiger partial charge in [0.15, 0.2) is 5.96 Å². The number of halogens is 1. The zero-order valence-corrected chi connectivity index (χ0v) is 16.6. The lowest BCUT2D eigenvalue weighted by Crippen LogP contribution is -2.39. The molecule has 0 aromatic heterocycles. The maximum atomic E-state index is 5.64. The summed E-state index contributed by atoms with van der Waals surface area (Å²) in [7, 11) is 1.85. The first-order chi connectivity index (χ1) is 10.3. The minimum atomic E-state index is 0. The molecule has 1 saturated heterocycles. The van der Waals surface area contributed by atoms with E-state index in [4.69, 9.17) is 4.74 Å². The summed E-state index contributed by atoms with van der Waals surface area (Å²) in [5.41, 5.74) is 0. The van der Waals surface area contributed by atoms with Crippen molar-refractivity contribution in [1.82, 2.24) is 10.6 Å². The van der Waals surface area contributed by atoms with Gasteiger partial charge in [-0.05, 0) is 43.9 Å². The highest BCUT2D eigenvalue weighted by Gasteiger charge is 2.18. The lowest BCUT2D eigenvalue weighted by molar-refractivity contribution is 0.105. The second kappa shape index (κ2) is 11.5. The summed E-state index contributed by atoms with van der Waals surface area (Å²) >= 11 is 0. The minimum Gasteiger partial charge on any atom is -0.378 e. The molecule has 130 valence electrons. The highest BCUT2D eigenvalue weighted by atomic mass is 127. The van der Waals surface area contributed by atoms with Gasteiger partial charge < -0.3 is 15.4 Å². The highest BCUT2D eigenvalue weighted by molar-refractivity contribution is 14.0. The molecule has 0 aromatic carbocycles. The average molecular weight is 423 g/mol. The SMILES string of the molecule is CN=C(NCCC1CCCC(C)C1)NCCC1CCCO1.I. The molecule has 0 bridgehead atoms. The summed E-state index contributed by atoms with van der Waals surface area (Å²) in [5, 5.41) is 6.86. The summed E-state index contributed by atoms with van der Waals surface area (Å²) < 4.78 is 5.64. The van der Waals surface area contributed by atoms with Crippen LogP contribution in [-0.2, 0) is 4.74 Å². The predicted octanol–water partition coefficient (Wildman–Crippen LogP) is 3.55. The maximum Gasteiger partial charge on any atom is 0.190 e. The fourth-order valence-electron chi connectivity index (χ4n) is 3.66. The maximum absolute atomic E-state index is 5.64. The van der Waals surface area contributed by atoms with Gasteiger partial charge in [-0.3, -0.25) is 4.99 Å². The lowest BCUT2D eigenvalue weighted by Gasteiger charge is -2.26. The van der Waals surface area contributed by atoms with Gasteiger partial charge in [-0.2, -0.15) is 0 Å². The second-order valence-electron chi connectivity index (χ2n) is 6.78. The Morgan fingerprint density at radius 3 is 2.50 bits per heavy atom. The summed E-state index contributed by atoms with van der Waals surface area (Å²) in [6.07, 6.45) is 10.9. The molecular weight excluding hydrogens is 389 g/mol. The van der Waals surface area contributed by atoms with Gasteiger partial charge in [0.05, 0.1) is 6.10 Å². The fraction of sp³-hybridized carbons (Fsp3) is 0.941. The van der Waals surface area contributed by atoms with Gasteiger partial charge in [-0.25, -0.2) is 0 Å². The van der Waals surface area contributed by atoms with E-state index in [1.807, 2.05) is 7.05 Å². The van der Waals surface area contributed by atoms with E-state index in [1.165, 1.54) is 44.9 Å². The molecular formula is C17H34IN3O. The minimum absolute atomic E-state index is 0. The zero-order valence-electron chi connectivity index (χ0n) is 14.3. The van der Waals surface area contributed by atoms with Crippen molar-refractivity contribution < 1.29 is 4.74 Å². The molecule has 3 atom stereocenters. The molecule has 0 radical (unpaired) electrons. The Hall–Kier alpha value is -0.0400. The Labute approximate surface area is 153 Å². The number of nitrogens with zero attached hydrogens (tertiary/aromatic N) is 1. The number of hydrogen-bond acceptors (Lipinski definition) is 2. The standard InChI is InChI=1S/C17H33N3O.HI/c1-14-5-3-6-15(13-14)8-10-19-17(18-2)20-11-9-16-7-4-12-21-16;/h14-16H,3-13H2,1-2H3,(H2,18,19,20);1H. The number of rotatable bonds is 6. The van der Waals surface area contributed by atoms with Crippen molar-refractivity contribution in [3.63, 3.8) is 0 Å². The second-order valence-corrected chi connectivity index (χ2v) is 6.78. The molecule has 2 N–H and O–H groups in total. The molecule has 0 spiro atoms. The van der Waals surface area contributed by atoms with Gasteiger partial charge >= 0.3 is 0 Å². The van der Waals surface area contributed by atoms with E-state index in [2.05, 4.69) is 22.5 Å². The largest absolute Gasteiger partial charge is 0.378 e. The molecule has 3 unspecified atom stereocenters. The Balaban J connectivity index is 0.00000242. The van der Waals surface area contributed by atoms with E-state index in [1.54, 1.807) is 0 Å². The lowest BCUT2D eigenvalue weighted by atomic mass is 9.81.